The number of hydrogen-bond acceptors (Lipinski definition) is 2. The van der Waals surface area contributed by atoms with E-state index in [4.69, 9.17) is 0 Å². The Bertz CT molecular complexity index is 1010. The quantitative estimate of drug-likeness (QED) is 0.497. The Kier molecular flexibility index (Phi) is 4.71. The fraction of sp³-hybridized carbons (Fsp3) is 0.333. The van der Waals surface area contributed by atoms with Gasteiger partial charge in [-0.15, -0.1) is 5.10 Å². The smallest absolute Gasteiger partial charge is 0.213 e. The molecule has 0 saturated carbocycles. The zero-order chi connectivity index (χ0) is 20.9. The average molecular weight is 399 g/mol. The van der Waals surface area contributed by atoms with Gasteiger partial charge in [-0.25, -0.2) is 4.68 Å². The molecule has 2 unspecified atom stereocenters. The third-order valence-corrected chi connectivity index (χ3v) is 5.33. The van der Waals surface area contributed by atoms with E-state index in [0.717, 1.165) is 12.1 Å². The maximum Gasteiger partial charge on any atom is 0.398 e. The molecule has 3 rings (SSSR count). The van der Waals surface area contributed by atoms with Crippen LogP contribution in [0.2, 0.25) is 0 Å². The molecule has 10 heteroatoms. The number of nitrogens with zero attached hydrogens (tertiary/aromatic N) is 3. The molecule has 2 atom stereocenters. The Hall–Kier alpha value is -2.52. The van der Waals surface area contributed by atoms with Crippen molar-refractivity contribution >= 4 is 24.3 Å². The zero-order valence-electron chi connectivity index (χ0n) is 15.2. The molecular formula is C18H16BF6N3. The van der Waals surface area contributed by atoms with Gasteiger partial charge < -0.3 is 0 Å². The first-order valence-electron chi connectivity index (χ1n) is 8.42. The van der Waals surface area contributed by atoms with Gasteiger partial charge in [-0.05, 0) is 30.7 Å². The summed E-state index contributed by atoms with van der Waals surface area (Å²) >= 11 is 0. The molecule has 0 amide bonds. The van der Waals surface area contributed by atoms with Crippen LogP contribution in [0, 0.1) is 5.92 Å². The lowest BCUT2D eigenvalue weighted by Gasteiger charge is -2.39. The molecule has 3 aromatic rings. The molecular weight excluding hydrogens is 383 g/mol. The summed E-state index contributed by atoms with van der Waals surface area (Å²) in [4.78, 5) is 0. The molecule has 0 fully saturated rings. The summed E-state index contributed by atoms with van der Waals surface area (Å²) in [6.07, 6.45) is -10.1. The highest BCUT2D eigenvalue weighted by molar-refractivity contribution is 6.34. The van der Waals surface area contributed by atoms with E-state index in [1.54, 1.807) is 32.1 Å². The predicted octanol–water partition coefficient (Wildman–Crippen LogP) is 3.70. The van der Waals surface area contributed by atoms with Crippen molar-refractivity contribution in [1.82, 2.24) is 15.0 Å². The lowest BCUT2D eigenvalue weighted by Crippen LogP contribution is -2.50. The highest BCUT2D eigenvalue weighted by Crippen LogP contribution is 2.51. The van der Waals surface area contributed by atoms with Gasteiger partial charge >= 0.3 is 12.4 Å². The summed E-state index contributed by atoms with van der Waals surface area (Å²) in [5.74, 6) is -2.64. The van der Waals surface area contributed by atoms with Gasteiger partial charge in [0.1, 0.15) is 13.4 Å². The van der Waals surface area contributed by atoms with Crippen molar-refractivity contribution in [2.75, 3.05) is 0 Å². The first-order valence-corrected chi connectivity index (χ1v) is 8.42. The molecule has 0 aliphatic carbocycles. The van der Waals surface area contributed by atoms with Crippen LogP contribution < -0.4 is 5.46 Å². The normalized spacial score (nSPS) is 16.1. The third-order valence-electron chi connectivity index (χ3n) is 5.33. The van der Waals surface area contributed by atoms with Crippen molar-refractivity contribution in [3.63, 3.8) is 0 Å². The summed E-state index contributed by atoms with van der Waals surface area (Å²) in [6, 6.07) is 10.4. The number of aromatic nitrogens is 3. The fourth-order valence-electron chi connectivity index (χ4n) is 3.19. The van der Waals surface area contributed by atoms with E-state index >= 15 is 0 Å². The number of para-hydroxylation sites is 1. The number of alkyl halides is 6. The van der Waals surface area contributed by atoms with E-state index in [1.807, 2.05) is 0 Å². The van der Waals surface area contributed by atoms with Crippen LogP contribution >= 0.6 is 0 Å². The second-order valence-electron chi connectivity index (χ2n) is 6.95. The minimum atomic E-state index is -5.11. The van der Waals surface area contributed by atoms with Crippen LogP contribution in [0.5, 0.6) is 0 Å². The van der Waals surface area contributed by atoms with Gasteiger partial charge in [0.05, 0.1) is 22.5 Å². The monoisotopic (exact) mass is 399 g/mol. The average Bonchev–Trinajstić information content (AvgIpc) is 3.03. The Labute approximate surface area is 157 Å². The van der Waals surface area contributed by atoms with Gasteiger partial charge in [0, 0.05) is 0 Å². The summed E-state index contributed by atoms with van der Waals surface area (Å²) in [5, 5.41) is 7.93. The standard InChI is InChI=1S/C18H16BF6N3/c1-10(17(20,21)22)16(2,18(23,24)25)11-7-8-12(19)15(9-11)28-14-6-4-3-5-13(14)26-27-28/h3-10H,19H2,1-2H3. The van der Waals surface area contributed by atoms with Crippen LogP contribution in [0.1, 0.15) is 19.4 Å². The molecule has 1 aromatic heterocycles. The van der Waals surface area contributed by atoms with E-state index < -0.39 is 29.2 Å². The summed E-state index contributed by atoms with van der Waals surface area (Å²) in [6.45, 7) is 1.14. The van der Waals surface area contributed by atoms with Gasteiger partial charge in [0.2, 0.25) is 0 Å². The molecule has 148 valence electrons. The van der Waals surface area contributed by atoms with E-state index in [2.05, 4.69) is 10.3 Å². The summed E-state index contributed by atoms with van der Waals surface area (Å²) in [7, 11) is 1.65. The second-order valence-corrected chi connectivity index (χ2v) is 6.95. The number of halogens is 6. The molecule has 0 N–H and O–H groups in total. The van der Waals surface area contributed by atoms with Crippen molar-refractivity contribution in [1.29, 1.82) is 0 Å². The van der Waals surface area contributed by atoms with Gasteiger partial charge in [-0.3, -0.25) is 0 Å². The van der Waals surface area contributed by atoms with Crippen molar-refractivity contribution in [3.05, 3.63) is 48.0 Å². The molecule has 28 heavy (non-hydrogen) atoms. The fourth-order valence-corrected chi connectivity index (χ4v) is 3.19. The molecule has 0 aliphatic heterocycles. The first kappa shape index (κ1) is 20.2. The Morgan fingerprint density at radius 1 is 1.00 bits per heavy atom. The molecule has 1 heterocycles. The molecule has 0 aliphatic rings. The zero-order valence-corrected chi connectivity index (χ0v) is 15.2. The number of rotatable bonds is 3. The maximum absolute atomic E-state index is 13.9. The van der Waals surface area contributed by atoms with Gasteiger partial charge in [0.15, 0.2) is 0 Å². The van der Waals surface area contributed by atoms with Crippen molar-refractivity contribution in [2.24, 2.45) is 5.92 Å². The van der Waals surface area contributed by atoms with Gasteiger partial charge in [-0.1, -0.05) is 41.9 Å². The predicted molar refractivity (Wildman–Crippen MR) is 95.7 cm³/mol. The Morgan fingerprint density at radius 3 is 2.25 bits per heavy atom. The van der Waals surface area contributed by atoms with E-state index in [9.17, 15) is 26.3 Å². The Balaban J connectivity index is 2.24. The van der Waals surface area contributed by atoms with E-state index in [-0.39, 0.29) is 5.69 Å². The van der Waals surface area contributed by atoms with Crippen molar-refractivity contribution < 1.29 is 26.3 Å². The molecule has 0 bridgehead atoms. The van der Waals surface area contributed by atoms with E-state index in [0.29, 0.717) is 30.3 Å². The van der Waals surface area contributed by atoms with Crippen LogP contribution in [0.25, 0.3) is 16.7 Å². The van der Waals surface area contributed by atoms with Crippen LogP contribution in [0.3, 0.4) is 0 Å². The molecule has 3 nitrogen and oxygen atoms in total. The van der Waals surface area contributed by atoms with Crippen LogP contribution in [0.4, 0.5) is 26.3 Å². The van der Waals surface area contributed by atoms with Gasteiger partial charge in [-0.2, -0.15) is 26.3 Å². The van der Waals surface area contributed by atoms with Crippen molar-refractivity contribution in [2.45, 2.75) is 31.6 Å². The van der Waals surface area contributed by atoms with Crippen LogP contribution in [0.15, 0.2) is 42.5 Å². The molecule has 2 aromatic carbocycles. The number of benzene rings is 2. The topological polar surface area (TPSA) is 30.7 Å². The number of hydrogen-bond donors (Lipinski definition) is 0. The highest BCUT2D eigenvalue weighted by atomic mass is 19.4. The molecule has 0 radical (unpaired) electrons. The molecule has 0 saturated heterocycles. The first-order chi connectivity index (χ1) is 12.9. The minimum Gasteiger partial charge on any atom is -0.213 e. The van der Waals surface area contributed by atoms with Gasteiger partial charge in [0.25, 0.3) is 0 Å². The SMILES string of the molecule is Bc1ccc(C(C)(C(C)C(F)(F)F)C(F)(F)F)cc1-n1nnc2ccccc21. The largest absolute Gasteiger partial charge is 0.398 e. The van der Waals surface area contributed by atoms with E-state index in [1.165, 1.54) is 10.7 Å². The second kappa shape index (κ2) is 6.53. The highest BCUT2D eigenvalue weighted by Gasteiger charge is 2.62. The van der Waals surface area contributed by atoms with Crippen LogP contribution in [-0.4, -0.2) is 35.2 Å². The lowest BCUT2D eigenvalue weighted by molar-refractivity contribution is -0.259. The van der Waals surface area contributed by atoms with Crippen molar-refractivity contribution in [3.8, 4) is 5.69 Å². The third kappa shape index (κ3) is 3.14. The summed E-state index contributed by atoms with van der Waals surface area (Å²) in [5.41, 5.74) is -1.73. The van der Waals surface area contributed by atoms with Crippen LogP contribution in [-0.2, 0) is 5.41 Å². The molecule has 0 spiro atoms. The lowest BCUT2D eigenvalue weighted by atomic mass is 9.70. The maximum atomic E-state index is 13.9. The number of fused-ring (bicyclic) bond motifs is 1. The summed E-state index contributed by atoms with van der Waals surface area (Å²) < 4.78 is 82.8. The Morgan fingerprint density at radius 2 is 1.64 bits per heavy atom. The minimum absolute atomic E-state index is 0.246.